The average molecular weight is 265 g/mol. The predicted octanol–water partition coefficient (Wildman–Crippen LogP) is 3.73. The first kappa shape index (κ1) is 12.4. The summed E-state index contributed by atoms with van der Waals surface area (Å²) >= 11 is 0. The number of nitrogens with zero attached hydrogens (tertiary/aromatic N) is 2. The highest BCUT2D eigenvalue weighted by molar-refractivity contribution is 5.97. The van der Waals surface area contributed by atoms with E-state index in [1.165, 1.54) is 4.68 Å². The van der Waals surface area contributed by atoms with Gasteiger partial charge in [-0.25, -0.2) is 4.79 Å². The maximum absolute atomic E-state index is 12.3. The molecule has 2 aromatic carbocycles. The molecule has 1 heterocycles. The van der Waals surface area contributed by atoms with Gasteiger partial charge in [-0.3, -0.25) is 0 Å². The zero-order chi connectivity index (χ0) is 14.1. The molecule has 0 fully saturated rings. The number of nitrogens with one attached hydrogen (secondary N) is 1. The third-order valence-corrected chi connectivity index (χ3v) is 3.31. The first-order chi connectivity index (χ1) is 9.65. The van der Waals surface area contributed by atoms with Crippen LogP contribution < -0.4 is 5.32 Å². The molecule has 0 aliphatic rings. The standard InChI is InChI=1S/C16H15N3O/c1-11-7-8-13-10-17-19(15(13)9-11)16(20)18-14-6-4-3-5-12(14)2/h3-10H,1-2H3,(H,18,20). The lowest BCUT2D eigenvalue weighted by molar-refractivity contribution is 0.252. The van der Waals surface area contributed by atoms with Gasteiger partial charge >= 0.3 is 6.03 Å². The molecular weight excluding hydrogens is 250 g/mol. The lowest BCUT2D eigenvalue weighted by Crippen LogP contribution is -2.20. The van der Waals surface area contributed by atoms with Crippen LogP contribution in [0.4, 0.5) is 10.5 Å². The molecule has 0 aliphatic heterocycles. The molecule has 1 amide bonds. The topological polar surface area (TPSA) is 46.9 Å². The molecule has 0 aliphatic carbocycles. The van der Waals surface area contributed by atoms with Crippen molar-refractivity contribution in [3.63, 3.8) is 0 Å². The van der Waals surface area contributed by atoms with E-state index in [2.05, 4.69) is 10.4 Å². The monoisotopic (exact) mass is 265 g/mol. The van der Waals surface area contributed by atoms with Gasteiger partial charge in [-0.15, -0.1) is 0 Å². The summed E-state index contributed by atoms with van der Waals surface area (Å²) in [6, 6.07) is 13.4. The van der Waals surface area contributed by atoms with Crippen molar-refractivity contribution in [2.45, 2.75) is 13.8 Å². The Morgan fingerprint density at radius 1 is 1.15 bits per heavy atom. The molecule has 0 bridgehead atoms. The minimum Gasteiger partial charge on any atom is -0.306 e. The summed E-state index contributed by atoms with van der Waals surface area (Å²) < 4.78 is 1.40. The number of carbonyl (C=O) groups excluding carboxylic acids is 1. The van der Waals surface area contributed by atoms with Crippen LogP contribution >= 0.6 is 0 Å². The third-order valence-electron chi connectivity index (χ3n) is 3.31. The maximum atomic E-state index is 12.3. The highest BCUT2D eigenvalue weighted by atomic mass is 16.2. The first-order valence-electron chi connectivity index (χ1n) is 6.46. The largest absolute Gasteiger partial charge is 0.347 e. The van der Waals surface area contributed by atoms with Crippen LogP contribution in [0.25, 0.3) is 10.9 Å². The number of amides is 1. The average Bonchev–Trinajstić information content (AvgIpc) is 2.84. The number of carbonyl (C=O) groups is 1. The van der Waals surface area contributed by atoms with E-state index < -0.39 is 0 Å². The molecule has 3 aromatic rings. The molecule has 4 nitrogen and oxygen atoms in total. The molecule has 0 saturated carbocycles. The zero-order valence-electron chi connectivity index (χ0n) is 11.4. The van der Waals surface area contributed by atoms with Crippen molar-refractivity contribution >= 4 is 22.6 Å². The molecule has 4 heteroatoms. The number of aryl methyl sites for hydroxylation is 2. The van der Waals surface area contributed by atoms with Crippen LogP contribution in [-0.4, -0.2) is 15.8 Å². The second-order valence-corrected chi connectivity index (χ2v) is 4.86. The molecule has 100 valence electrons. The van der Waals surface area contributed by atoms with Gasteiger partial charge in [0.2, 0.25) is 0 Å². The number of hydrogen-bond acceptors (Lipinski definition) is 2. The first-order valence-corrected chi connectivity index (χ1v) is 6.46. The minimum absolute atomic E-state index is 0.250. The Morgan fingerprint density at radius 2 is 1.95 bits per heavy atom. The van der Waals surface area contributed by atoms with E-state index in [1.807, 2.05) is 56.3 Å². The Labute approximate surface area is 117 Å². The molecule has 1 aromatic heterocycles. The number of benzene rings is 2. The number of hydrogen-bond donors (Lipinski definition) is 1. The Kier molecular flexibility index (Phi) is 2.99. The second-order valence-electron chi connectivity index (χ2n) is 4.86. The summed E-state index contributed by atoms with van der Waals surface area (Å²) in [7, 11) is 0. The van der Waals surface area contributed by atoms with Crippen LogP contribution in [-0.2, 0) is 0 Å². The summed E-state index contributed by atoms with van der Waals surface area (Å²) in [6.45, 7) is 3.96. The zero-order valence-corrected chi connectivity index (χ0v) is 11.4. The Bertz CT molecular complexity index is 789. The number of aromatic nitrogens is 2. The molecule has 0 atom stereocenters. The van der Waals surface area contributed by atoms with Gasteiger partial charge in [0, 0.05) is 11.1 Å². The fraction of sp³-hybridized carbons (Fsp3) is 0.125. The summed E-state index contributed by atoms with van der Waals surface area (Å²) in [6.07, 6.45) is 1.70. The molecule has 0 radical (unpaired) electrons. The van der Waals surface area contributed by atoms with Gasteiger partial charge in [0.25, 0.3) is 0 Å². The highest BCUT2D eigenvalue weighted by Gasteiger charge is 2.11. The quantitative estimate of drug-likeness (QED) is 0.728. The van der Waals surface area contributed by atoms with Crippen molar-refractivity contribution in [1.82, 2.24) is 9.78 Å². The molecule has 3 rings (SSSR count). The Hall–Kier alpha value is -2.62. The van der Waals surface area contributed by atoms with Gasteiger partial charge in [0.05, 0.1) is 11.7 Å². The number of anilines is 1. The number of rotatable bonds is 1. The maximum Gasteiger partial charge on any atom is 0.347 e. The molecular formula is C16H15N3O. The van der Waals surface area contributed by atoms with Crippen LogP contribution in [0.5, 0.6) is 0 Å². The summed E-state index contributed by atoms with van der Waals surface area (Å²) in [5, 5.41) is 8.01. The Morgan fingerprint density at radius 3 is 2.75 bits per heavy atom. The van der Waals surface area contributed by atoms with E-state index in [4.69, 9.17) is 0 Å². The van der Waals surface area contributed by atoms with Crippen molar-refractivity contribution in [3.8, 4) is 0 Å². The highest BCUT2D eigenvalue weighted by Crippen LogP contribution is 2.17. The molecule has 0 saturated heterocycles. The van der Waals surface area contributed by atoms with E-state index in [0.717, 1.165) is 27.7 Å². The van der Waals surface area contributed by atoms with Gasteiger partial charge in [-0.2, -0.15) is 9.78 Å². The van der Waals surface area contributed by atoms with E-state index in [-0.39, 0.29) is 6.03 Å². The van der Waals surface area contributed by atoms with Crippen LogP contribution in [0.15, 0.2) is 48.7 Å². The van der Waals surface area contributed by atoms with Crippen molar-refractivity contribution in [2.24, 2.45) is 0 Å². The molecule has 1 N–H and O–H groups in total. The lowest BCUT2D eigenvalue weighted by Gasteiger charge is -2.08. The third kappa shape index (κ3) is 2.16. The van der Waals surface area contributed by atoms with E-state index >= 15 is 0 Å². The van der Waals surface area contributed by atoms with Gasteiger partial charge in [0.1, 0.15) is 0 Å². The van der Waals surface area contributed by atoms with Gasteiger partial charge in [-0.1, -0.05) is 30.3 Å². The van der Waals surface area contributed by atoms with E-state index in [0.29, 0.717) is 0 Å². The fourth-order valence-electron chi connectivity index (χ4n) is 2.17. The van der Waals surface area contributed by atoms with E-state index in [9.17, 15) is 4.79 Å². The number of fused-ring (bicyclic) bond motifs is 1. The predicted molar refractivity (Wildman–Crippen MR) is 80.1 cm³/mol. The van der Waals surface area contributed by atoms with Crippen molar-refractivity contribution in [3.05, 3.63) is 59.8 Å². The van der Waals surface area contributed by atoms with Gasteiger partial charge < -0.3 is 5.32 Å². The fourth-order valence-corrected chi connectivity index (χ4v) is 2.17. The second kappa shape index (κ2) is 4.81. The van der Waals surface area contributed by atoms with Gasteiger partial charge in [-0.05, 0) is 37.1 Å². The molecule has 0 unspecified atom stereocenters. The summed E-state index contributed by atoms with van der Waals surface area (Å²) in [5.41, 5.74) is 3.74. The lowest BCUT2D eigenvalue weighted by atomic mass is 10.2. The Balaban J connectivity index is 1.97. The number of para-hydroxylation sites is 1. The molecule has 0 spiro atoms. The SMILES string of the molecule is Cc1ccc2cnn(C(=O)Nc3ccccc3C)c2c1. The van der Waals surface area contributed by atoms with Crippen LogP contribution in [0, 0.1) is 13.8 Å². The minimum atomic E-state index is -0.250. The van der Waals surface area contributed by atoms with E-state index in [1.54, 1.807) is 6.20 Å². The molecule has 20 heavy (non-hydrogen) atoms. The van der Waals surface area contributed by atoms with Crippen LogP contribution in [0.1, 0.15) is 11.1 Å². The smallest absolute Gasteiger partial charge is 0.306 e. The van der Waals surface area contributed by atoms with Gasteiger partial charge in [0.15, 0.2) is 0 Å². The van der Waals surface area contributed by atoms with Crippen LogP contribution in [0.2, 0.25) is 0 Å². The summed E-state index contributed by atoms with van der Waals surface area (Å²) in [5.74, 6) is 0. The van der Waals surface area contributed by atoms with Crippen molar-refractivity contribution < 1.29 is 4.79 Å². The van der Waals surface area contributed by atoms with Crippen molar-refractivity contribution in [1.29, 1.82) is 0 Å². The van der Waals surface area contributed by atoms with Crippen LogP contribution in [0.3, 0.4) is 0 Å². The normalized spacial score (nSPS) is 10.7. The van der Waals surface area contributed by atoms with Crippen molar-refractivity contribution in [2.75, 3.05) is 5.32 Å². The summed E-state index contributed by atoms with van der Waals surface area (Å²) in [4.78, 5) is 12.3.